The molecule has 2 heterocycles. The van der Waals surface area contributed by atoms with E-state index < -0.39 is 5.91 Å². The van der Waals surface area contributed by atoms with Gasteiger partial charge in [-0.25, -0.2) is 0 Å². The van der Waals surface area contributed by atoms with Gasteiger partial charge >= 0.3 is 0 Å². The zero-order valence-electron chi connectivity index (χ0n) is 15.2. The van der Waals surface area contributed by atoms with Gasteiger partial charge in [-0.05, 0) is 36.4 Å². The Hall–Kier alpha value is -2.97. The molecule has 8 heteroatoms. The molecule has 7 nitrogen and oxygen atoms in total. The molecule has 0 aliphatic rings. The summed E-state index contributed by atoms with van der Waals surface area (Å²) in [6.45, 7) is 1.09. The van der Waals surface area contributed by atoms with E-state index in [0.29, 0.717) is 18.8 Å². The predicted molar refractivity (Wildman–Crippen MR) is 107 cm³/mol. The SMILES string of the molecule is NC(=O)CSc1ccccc1NC(=O)CN(Cc1ccco1)Cc1ccco1. The van der Waals surface area contributed by atoms with Crippen LogP contribution in [0.2, 0.25) is 0 Å². The summed E-state index contributed by atoms with van der Waals surface area (Å²) in [6.07, 6.45) is 3.21. The molecule has 0 spiro atoms. The molecule has 2 aromatic heterocycles. The quantitative estimate of drug-likeness (QED) is 0.508. The van der Waals surface area contributed by atoms with Gasteiger partial charge in [0.2, 0.25) is 11.8 Å². The van der Waals surface area contributed by atoms with Crippen molar-refractivity contribution in [3.63, 3.8) is 0 Å². The fourth-order valence-corrected chi connectivity index (χ4v) is 3.40. The smallest absolute Gasteiger partial charge is 0.238 e. The number of carbonyl (C=O) groups is 2. The number of para-hydroxylation sites is 1. The van der Waals surface area contributed by atoms with Crippen LogP contribution in [0, 0.1) is 0 Å². The maximum absolute atomic E-state index is 12.7. The topological polar surface area (TPSA) is 102 Å². The summed E-state index contributed by atoms with van der Waals surface area (Å²) in [4.78, 5) is 26.4. The molecular weight excluding hydrogens is 378 g/mol. The van der Waals surface area contributed by atoms with Crippen molar-refractivity contribution in [2.24, 2.45) is 5.73 Å². The number of nitrogens with one attached hydrogen (secondary N) is 1. The number of thioether (sulfide) groups is 1. The molecule has 0 fully saturated rings. The number of carbonyl (C=O) groups excluding carboxylic acids is 2. The molecule has 28 heavy (non-hydrogen) atoms. The van der Waals surface area contributed by atoms with Crippen molar-refractivity contribution >= 4 is 29.3 Å². The van der Waals surface area contributed by atoms with E-state index in [2.05, 4.69) is 5.32 Å². The fourth-order valence-electron chi connectivity index (χ4n) is 2.65. The van der Waals surface area contributed by atoms with Crippen LogP contribution in [0.15, 0.2) is 74.8 Å². The largest absolute Gasteiger partial charge is 0.468 e. The third-order valence-electron chi connectivity index (χ3n) is 3.82. The second kappa shape index (κ2) is 9.82. The zero-order valence-corrected chi connectivity index (χ0v) is 16.0. The highest BCUT2D eigenvalue weighted by Crippen LogP contribution is 2.26. The standard InChI is InChI=1S/C20H21N3O4S/c21-19(24)14-28-18-8-2-1-7-17(18)22-20(25)13-23(11-15-5-3-9-26-15)12-16-6-4-10-27-16/h1-10H,11-14H2,(H2,21,24)(H,22,25). The van der Waals surface area contributed by atoms with Gasteiger partial charge < -0.3 is 19.9 Å². The summed E-state index contributed by atoms with van der Waals surface area (Å²) in [6, 6.07) is 14.7. The number of rotatable bonds is 10. The molecular formula is C20H21N3O4S. The van der Waals surface area contributed by atoms with Crippen LogP contribution in [0.1, 0.15) is 11.5 Å². The lowest BCUT2D eigenvalue weighted by Crippen LogP contribution is -2.32. The lowest BCUT2D eigenvalue weighted by Gasteiger charge is -2.20. The molecule has 2 amide bonds. The van der Waals surface area contributed by atoms with Crippen LogP contribution in [0.3, 0.4) is 0 Å². The summed E-state index contributed by atoms with van der Waals surface area (Å²) in [5, 5.41) is 2.91. The van der Waals surface area contributed by atoms with Crippen molar-refractivity contribution in [1.82, 2.24) is 4.90 Å². The Morgan fingerprint density at radius 3 is 2.18 bits per heavy atom. The van der Waals surface area contributed by atoms with Gasteiger partial charge in [0.05, 0.1) is 43.6 Å². The Kier molecular flexibility index (Phi) is 6.94. The van der Waals surface area contributed by atoms with E-state index in [1.165, 1.54) is 11.8 Å². The third-order valence-corrected chi connectivity index (χ3v) is 4.91. The highest BCUT2D eigenvalue weighted by atomic mass is 32.2. The molecule has 146 valence electrons. The van der Waals surface area contributed by atoms with Crippen molar-refractivity contribution in [2.75, 3.05) is 17.6 Å². The van der Waals surface area contributed by atoms with Gasteiger partial charge in [-0.3, -0.25) is 14.5 Å². The van der Waals surface area contributed by atoms with Crippen LogP contribution in [0.25, 0.3) is 0 Å². The second-order valence-corrected chi connectivity index (χ2v) is 7.12. The summed E-state index contributed by atoms with van der Waals surface area (Å²) >= 11 is 1.29. The predicted octanol–water partition coefficient (Wildman–Crippen LogP) is 3.09. The van der Waals surface area contributed by atoms with Gasteiger partial charge in [-0.1, -0.05) is 12.1 Å². The first-order chi connectivity index (χ1) is 13.6. The summed E-state index contributed by atoms with van der Waals surface area (Å²) in [5.74, 6) is 1.09. The molecule has 0 bridgehead atoms. The minimum atomic E-state index is -0.408. The Morgan fingerprint density at radius 2 is 1.61 bits per heavy atom. The van der Waals surface area contributed by atoms with Crippen molar-refractivity contribution in [1.29, 1.82) is 0 Å². The number of amides is 2. The van der Waals surface area contributed by atoms with Crippen molar-refractivity contribution in [2.45, 2.75) is 18.0 Å². The molecule has 3 aromatic rings. The molecule has 1 aromatic carbocycles. The summed E-state index contributed by atoms with van der Waals surface area (Å²) in [5.41, 5.74) is 5.86. The molecule has 0 aliphatic carbocycles. The first-order valence-corrected chi connectivity index (χ1v) is 9.66. The van der Waals surface area contributed by atoms with Gasteiger partial charge in [0, 0.05) is 4.90 Å². The van der Waals surface area contributed by atoms with E-state index in [-0.39, 0.29) is 18.2 Å². The highest BCUT2D eigenvalue weighted by Gasteiger charge is 2.16. The number of anilines is 1. The third kappa shape index (κ3) is 6.04. The van der Waals surface area contributed by atoms with Crippen LogP contribution < -0.4 is 11.1 Å². The van der Waals surface area contributed by atoms with E-state index in [9.17, 15) is 9.59 Å². The van der Waals surface area contributed by atoms with E-state index in [1.54, 1.807) is 18.6 Å². The fraction of sp³-hybridized carbons (Fsp3) is 0.200. The van der Waals surface area contributed by atoms with E-state index in [0.717, 1.165) is 16.4 Å². The Labute approximate surface area is 166 Å². The minimum absolute atomic E-state index is 0.149. The molecule has 0 saturated heterocycles. The summed E-state index contributed by atoms with van der Waals surface area (Å²) < 4.78 is 10.8. The van der Waals surface area contributed by atoms with Gasteiger partial charge in [0.25, 0.3) is 0 Å². The minimum Gasteiger partial charge on any atom is -0.468 e. The normalized spacial score (nSPS) is 10.9. The van der Waals surface area contributed by atoms with Crippen molar-refractivity contribution in [3.8, 4) is 0 Å². The number of nitrogens with zero attached hydrogens (tertiary/aromatic N) is 1. The maximum Gasteiger partial charge on any atom is 0.238 e. The van der Waals surface area contributed by atoms with Gasteiger partial charge in [0.15, 0.2) is 0 Å². The average Bonchev–Trinajstić information content (AvgIpc) is 3.35. The number of furan rings is 2. The van der Waals surface area contributed by atoms with Crippen LogP contribution >= 0.6 is 11.8 Å². The molecule has 0 radical (unpaired) electrons. The first kappa shape index (κ1) is 19.8. The number of hydrogen-bond acceptors (Lipinski definition) is 6. The second-order valence-electron chi connectivity index (χ2n) is 6.10. The van der Waals surface area contributed by atoms with Gasteiger partial charge in [0.1, 0.15) is 11.5 Å². The first-order valence-electron chi connectivity index (χ1n) is 8.67. The Morgan fingerprint density at radius 1 is 0.964 bits per heavy atom. The van der Waals surface area contributed by atoms with Crippen LogP contribution in [0.5, 0.6) is 0 Å². The molecule has 3 rings (SSSR count). The molecule has 0 saturated carbocycles. The Bertz CT molecular complexity index is 858. The molecule has 3 N–H and O–H groups in total. The molecule has 0 atom stereocenters. The number of nitrogens with two attached hydrogens (primary N) is 1. The van der Waals surface area contributed by atoms with Crippen molar-refractivity contribution in [3.05, 3.63) is 72.6 Å². The van der Waals surface area contributed by atoms with Crippen LogP contribution in [-0.4, -0.2) is 29.0 Å². The van der Waals surface area contributed by atoms with E-state index in [4.69, 9.17) is 14.6 Å². The van der Waals surface area contributed by atoms with E-state index >= 15 is 0 Å². The highest BCUT2D eigenvalue weighted by molar-refractivity contribution is 8.00. The van der Waals surface area contributed by atoms with E-state index in [1.807, 2.05) is 47.4 Å². The monoisotopic (exact) mass is 399 g/mol. The van der Waals surface area contributed by atoms with Crippen LogP contribution in [-0.2, 0) is 22.7 Å². The number of primary amides is 1. The van der Waals surface area contributed by atoms with Gasteiger partial charge in [-0.15, -0.1) is 11.8 Å². The summed E-state index contributed by atoms with van der Waals surface area (Å²) in [7, 11) is 0. The molecule has 0 unspecified atom stereocenters. The zero-order chi connectivity index (χ0) is 19.8. The maximum atomic E-state index is 12.7. The molecule has 0 aliphatic heterocycles. The van der Waals surface area contributed by atoms with Crippen molar-refractivity contribution < 1.29 is 18.4 Å². The number of hydrogen-bond donors (Lipinski definition) is 2. The van der Waals surface area contributed by atoms with Crippen LogP contribution in [0.4, 0.5) is 5.69 Å². The van der Waals surface area contributed by atoms with Gasteiger partial charge in [-0.2, -0.15) is 0 Å². The lowest BCUT2D eigenvalue weighted by atomic mass is 10.3. The average molecular weight is 399 g/mol. The Balaban J connectivity index is 1.65. The number of benzene rings is 1. The lowest BCUT2D eigenvalue weighted by molar-refractivity contribution is -0.118.